The lowest BCUT2D eigenvalue weighted by atomic mass is 10.3. The van der Waals surface area contributed by atoms with Gasteiger partial charge < -0.3 is 5.73 Å². The van der Waals surface area contributed by atoms with Gasteiger partial charge in [0.25, 0.3) is 0 Å². The Bertz CT molecular complexity index is 468. The molecule has 1 aromatic carbocycles. The van der Waals surface area contributed by atoms with Gasteiger partial charge in [-0.3, -0.25) is 0 Å². The highest BCUT2D eigenvalue weighted by atomic mass is 79.9. The van der Waals surface area contributed by atoms with Crippen LogP contribution in [0, 0.1) is 5.82 Å². The van der Waals surface area contributed by atoms with E-state index in [1.807, 2.05) is 0 Å². The van der Waals surface area contributed by atoms with Crippen LogP contribution in [0.15, 0.2) is 28.9 Å². The Morgan fingerprint density at radius 1 is 1.43 bits per heavy atom. The van der Waals surface area contributed by atoms with E-state index in [0.717, 1.165) is 0 Å². The largest absolute Gasteiger partial charge is 0.381 e. The average Bonchev–Trinajstić information content (AvgIpc) is 2.57. The summed E-state index contributed by atoms with van der Waals surface area (Å²) in [6, 6.07) is 4.65. The molecule has 0 bridgehead atoms. The molecule has 0 aliphatic rings. The van der Waals surface area contributed by atoms with Gasteiger partial charge in [0.05, 0.1) is 16.4 Å². The highest BCUT2D eigenvalue weighted by molar-refractivity contribution is 9.10. The minimum Gasteiger partial charge on any atom is -0.381 e. The third-order valence-corrected chi connectivity index (χ3v) is 2.32. The van der Waals surface area contributed by atoms with E-state index >= 15 is 0 Å². The number of benzene rings is 1. The molecule has 0 spiro atoms. The molecule has 2 aromatic rings. The fourth-order valence-electron chi connectivity index (χ4n) is 1.03. The number of aromatic nitrogens is 3. The van der Waals surface area contributed by atoms with Crippen molar-refractivity contribution in [1.29, 1.82) is 0 Å². The summed E-state index contributed by atoms with van der Waals surface area (Å²) in [5.41, 5.74) is 5.97. The van der Waals surface area contributed by atoms with Crippen molar-refractivity contribution in [2.75, 3.05) is 5.73 Å². The smallest absolute Gasteiger partial charge is 0.166 e. The van der Waals surface area contributed by atoms with Crippen LogP contribution in [0.3, 0.4) is 0 Å². The number of halogens is 2. The van der Waals surface area contributed by atoms with Crippen LogP contribution in [0.4, 0.5) is 10.2 Å². The van der Waals surface area contributed by atoms with E-state index in [4.69, 9.17) is 5.73 Å². The summed E-state index contributed by atoms with van der Waals surface area (Å²) in [6.45, 7) is 0. The van der Waals surface area contributed by atoms with E-state index in [1.54, 1.807) is 12.1 Å². The number of anilines is 1. The van der Waals surface area contributed by atoms with Crippen LogP contribution in [0.25, 0.3) is 5.69 Å². The highest BCUT2D eigenvalue weighted by Gasteiger charge is 2.03. The van der Waals surface area contributed by atoms with E-state index < -0.39 is 0 Å². The molecule has 0 saturated carbocycles. The maximum absolute atomic E-state index is 13.1. The summed E-state index contributed by atoms with van der Waals surface area (Å²) < 4.78 is 15.0. The van der Waals surface area contributed by atoms with Crippen molar-refractivity contribution in [3.8, 4) is 5.69 Å². The van der Waals surface area contributed by atoms with Crippen molar-refractivity contribution in [2.24, 2.45) is 0 Å². The molecule has 0 aliphatic carbocycles. The standard InChI is InChI=1S/C8H6BrFN4/c9-6-2-1-5(3-7(6)10)14-4-8(11)12-13-14/h1-4H,11H2. The Morgan fingerprint density at radius 2 is 2.21 bits per heavy atom. The molecular weight excluding hydrogens is 251 g/mol. The topological polar surface area (TPSA) is 56.7 Å². The number of hydrogen-bond donors (Lipinski definition) is 1. The molecule has 0 aliphatic heterocycles. The summed E-state index contributed by atoms with van der Waals surface area (Å²) in [5.74, 6) is -0.0510. The predicted molar refractivity (Wildman–Crippen MR) is 53.4 cm³/mol. The van der Waals surface area contributed by atoms with Gasteiger partial charge in [-0.2, -0.15) is 0 Å². The fraction of sp³-hybridized carbons (Fsp3) is 0. The minimum atomic E-state index is -0.350. The molecule has 1 heterocycles. The number of nitrogens with two attached hydrogens (primary N) is 1. The zero-order chi connectivity index (χ0) is 10.1. The van der Waals surface area contributed by atoms with Gasteiger partial charge in [-0.05, 0) is 28.1 Å². The first-order valence-corrected chi connectivity index (χ1v) is 4.59. The van der Waals surface area contributed by atoms with E-state index in [-0.39, 0.29) is 5.82 Å². The lowest BCUT2D eigenvalue weighted by molar-refractivity contribution is 0.618. The van der Waals surface area contributed by atoms with Gasteiger partial charge in [0.2, 0.25) is 0 Å². The van der Waals surface area contributed by atoms with Gasteiger partial charge in [0.1, 0.15) is 5.82 Å². The van der Waals surface area contributed by atoms with Crippen molar-refractivity contribution in [3.63, 3.8) is 0 Å². The van der Waals surface area contributed by atoms with Gasteiger partial charge in [0, 0.05) is 6.07 Å². The van der Waals surface area contributed by atoms with Crippen LogP contribution < -0.4 is 5.73 Å². The van der Waals surface area contributed by atoms with E-state index in [0.29, 0.717) is 16.0 Å². The quantitative estimate of drug-likeness (QED) is 0.846. The van der Waals surface area contributed by atoms with E-state index in [1.165, 1.54) is 16.9 Å². The van der Waals surface area contributed by atoms with Crippen molar-refractivity contribution < 1.29 is 4.39 Å². The van der Waals surface area contributed by atoms with Crippen molar-refractivity contribution in [3.05, 3.63) is 34.7 Å². The molecule has 72 valence electrons. The summed E-state index contributed by atoms with van der Waals surface area (Å²) >= 11 is 3.06. The molecule has 0 fully saturated rings. The maximum atomic E-state index is 13.1. The molecule has 0 radical (unpaired) electrons. The van der Waals surface area contributed by atoms with Crippen LogP contribution in [-0.2, 0) is 0 Å². The Hall–Kier alpha value is -1.43. The van der Waals surface area contributed by atoms with E-state index in [9.17, 15) is 4.39 Å². The normalized spacial score (nSPS) is 10.4. The van der Waals surface area contributed by atoms with E-state index in [2.05, 4.69) is 26.2 Å². The first kappa shape index (κ1) is 9.14. The van der Waals surface area contributed by atoms with Crippen molar-refractivity contribution in [1.82, 2.24) is 15.0 Å². The molecule has 2 N–H and O–H groups in total. The Morgan fingerprint density at radius 3 is 2.79 bits per heavy atom. The fourth-order valence-corrected chi connectivity index (χ4v) is 1.28. The van der Waals surface area contributed by atoms with Gasteiger partial charge >= 0.3 is 0 Å². The van der Waals surface area contributed by atoms with Crippen LogP contribution in [0.5, 0.6) is 0 Å². The first-order valence-electron chi connectivity index (χ1n) is 3.80. The second-order valence-corrected chi connectivity index (χ2v) is 3.54. The van der Waals surface area contributed by atoms with Crippen LogP contribution in [-0.4, -0.2) is 15.0 Å². The zero-order valence-electron chi connectivity index (χ0n) is 6.98. The Labute approximate surface area is 87.7 Å². The van der Waals surface area contributed by atoms with Gasteiger partial charge in [-0.25, -0.2) is 9.07 Å². The number of nitrogen functional groups attached to an aromatic ring is 1. The lowest BCUT2D eigenvalue weighted by Crippen LogP contribution is -1.95. The molecule has 0 amide bonds. The number of rotatable bonds is 1. The summed E-state index contributed by atoms with van der Waals surface area (Å²) in [6.07, 6.45) is 1.52. The number of hydrogen-bond acceptors (Lipinski definition) is 3. The van der Waals surface area contributed by atoms with Gasteiger partial charge in [-0.15, -0.1) is 5.10 Å². The molecule has 14 heavy (non-hydrogen) atoms. The monoisotopic (exact) mass is 256 g/mol. The van der Waals surface area contributed by atoms with Crippen molar-refractivity contribution >= 4 is 21.7 Å². The molecule has 1 aromatic heterocycles. The second-order valence-electron chi connectivity index (χ2n) is 2.69. The molecule has 0 atom stereocenters. The van der Waals surface area contributed by atoms with Crippen LogP contribution in [0.2, 0.25) is 0 Å². The summed E-state index contributed by atoms with van der Waals surface area (Å²) in [4.78, 5) is 0. The minimum absolute atomic E-state index is 0.299. The molecular formula is C8H6BrFN4. The SMILES string of the molecule is Nc1cn(-c2ccc(Br)c(F)c2)nn1. The maximum Gasteiger partial charge on any atom is 0.166 e. The van der Waals surface area contributed by atoms with Gasteiger partial charge in [-0.1, -0.05) is 5.21 Å². The number of nitrogens with zero attached hydrogens (tertiary/aromatic N) is 3. The third kappa shape index (κ3) is 1.60. The molecule has 2 rings (SSSR count). The average molecular weight is 257 g/mol. The van der Waals surface area contributed by atoms with Crippen LogP contribution in [0.1, 0.15) is 0 Å². The molecule has 4 nitrogen and oxygen atoms in total. The van der Waals surface area contributed by atoms with Gasteiger partial charge in [0.15, 0.2) is 5.82 Å². The van der Waals surface area contributed by atoms with Crippen molar-refractivity contribution in [2.45, 2.75) is 0 Å². The molecule has 6 heteroatoms. The zero-order valence-corrected chi connectivity index (χ0v) is 8.57. The second kappa shape index (κ2) is 3.38. The first-order chi connectivity index (χ1) is 6.66. The summed E-state index contributed by atoms with van der Waals surface area (Å²) in [5, 5.41) is 7.32. The summed E-state index contributed by atoms with van der Waals surface area (Å²) in [7, 11) is 0. The van der Waals surface area contributed by atoms with Crippen LogP contribution >= 0.6 is 15.9 Å². The Balaban J connectivity index is 2.47. The predicted octanol–water partition coefficient (Wildman–Crippen LogP) is 1.75. The Kier molecular flexibility index (Phi) is 2.20. The molecule has 0 unspecified atom stereocenters. The lowest BCUT2D eigenvalue weighted by Gasteiger charge is -2.00. The highest BCUT2D eigenvalue weighted by Crippen LogP contribution is 2.18. The third-order valence-electron chi connectivity index (χ3n) is 1.68. The molecule has 0 saturated heterocycles.